The Balaban J connectivity index is 2.21. The lowest BCUT2D eigenvalue weighted by atomic mass is 9.93. The zero-order valence-corrected chi connectivity index (χ0v) is 14.2. The van der Waals surface area contributed by atoms with Crippen molar-refractivity contribution >= 4 is 17.7 Å². The number of nitrogens with zero attached hydrogens (tertiary/aromatic N) is 2. The molecule has 1 N–H and O–H groups in total. The van der Waals surface area contributed by atoms with Gasteiger partial charge in [0.1, 0.15) is 6.04 Å². The number of rotatable bonds is 6. The normalized spacial score (nSPS) is 15.8. The van der Waals surface area contributed by atoms with Gasteiger partial charge in [0.15, 0.2) is 0 Å². The van der Waals surface area contributed by atoms with Crippen molar-refractivity contribution in [3.8, 4) is 0 Å². The van der Waals surface area contributed by atoms with Crippen molar-refractivity contribution < 1.29 is 23.6 Å². The Labute approximate surface area is 144 Å². The molecule has 2 amide bonds. The van der Waals surface area contributed by atoms with Crippen LogP contribution in [0.1, 0.15) is 31.2 Å². The zero-order chi connectivity index (χ0) is 18.7. The molecule has 0 aromatic heterocycles. The number of hydrogen-bond acceptors (Lipinski definition) is 5. The van der Waals surface area contributed by atoms with Crippen molar-refractivity contribution in [2.75, 3.05) is 14.2 Å². The second-order valence-electron chi connectivity index (χ2n) is 6.05. The minimum Gasteiger partial charge on any atom is -0.467 e. The molecule has 136 valence electrons. The van der Waals surface area contributed by atoms with Gasteiger partial charge in [-0.05, 0) is 24.5 Å². The first-order valence-corrected chi connectivity index (χ1v) is 7.81. The van der Waals surface area contributed by atoms with Crippen LogP contribution in [0.5, 0.6) is 0 Å². The molecule has 0 unspecified atom stereocenters. The molecule has 0 aliphatic heterocycles. The van der Waals surface area contributed by atoms with Crippen molar-refractivity contribution in [1.29, 1.82) is 0 Å². The van der Waals surface area contributed by atoms with E-state index in [1.165, 1.54) is 18.1 Å². The molecule has 0 spiro atoms. The fourth-order valence-corrected chi connectivity index (χ4v) is 2.52. The number of urea groups is 1. The van der Waals surface area contributed by atoms with Crippen molar-refractivity contribution in [1.82, 2.24) is 10.2 Å². The predicted molar refractivity (Wildman–Crippen MR) is 86.6 cm³/mol. The van der Waals surface area contributed by atoms with E-state index in [0.29, 0.717) is 5.56 Å². The summed E-state index contributed by atoms with van der Waals surface area (Å²) in [7, 11) is 2.83. The van der Waals surface area contributed by atoms with Gasteiger partial charge in [0.05, 0.1) is 12.0 Å². The van der Waals surface area contributed by atoms with Crippen LogP contribution in [0.25, 0.3) is 0 Å². The van der Waals surface area contributed by atoms with Crippen molar-refractivity contribution in [2.45, 2.75) is 37.8 Å². The van der Waals surface area contributed by atoms with Crippen LogP contribution in [0.2, 0.25) is 0 Å². The lowest BCUT2D eigenvalue weighted by Gasteiger charge is -2.26. The lowest BCUT2D eigenvalue weighted by Crippen LogP contribution is -2.50. The Morgan fingerprint density at radius 3 is 2.56 bits per heavy atom. The summed E-state index contributed by atoms with van der Waals surface area (Å²) in [6.07, 6.45) is 1.83. The van der Waals surface area contributed by atoms with Gasteiger partial charge in [-0.25, -0.2) is 9.59 Å². The number of nitro benzene ring substituents is 1. The molecule has 1 aliphatic rings. The minimum atomic E-state index is -1.04. The fraction of sp³-hybridized carbons (Fsp3) is 0.500. The van der Waals surface area contributed by atoms with Crippen LogP contribution in [0.4, 0.5) is 14.9 Å². The topological polar surface area (TPSA) is 102 Å². The number of esters is 1. The molecule has 0 bridgehead atoms. The first-order valence-electron chi connectivity index (χ1n) is 7.81. The highest BCUT2D eigenvalue weighted by molar-refractivity contribution is 5.84. The summed E-state index contributed by atoms with van der Waals surface area (Å²) in [6, 6.07) is 2.08. The summed E-state index contributed by atoms with van der Waals surface area (Å²) in [6.45, 7) is 1.61. The van der Waals surface area contributed by atoms with Gasteiger partial charge < -0.3 is 15.0 Å². The van der Waals surface area contributed by atoms with Gasteiger partial charge >= 0.3 is 17.7 Å². The van der Waals surface area contributed by atoms with E-state index in [-0.39, 0.29) is 6.04 Å². The van der Waals surface area contributed by atoms with Gasteiger partial charge in [-0.15, -0.1) is 0 Å². The average Bonchev–Trinajstić information content (AvgIpc) is 3.42. The van der Waals surface area contributed by atoms with Gasteiger partial charge in [0, 0.05) is 25.1 Å². The summed E-state index contributed by atoms with van der Waals surface area (Å²) in [5.41, 5.74) is -0.309. The highest BCUT2D eigenvalue weighted by atomic mass is 19.1. The monoisotopic (exact) mass is 353 g/mol. The van der Waals surface area contributed by atoms with Crippen LogP contribution in [0, 0.1) is 15.9 Å². The molecule has 8 nitrogen and oxygen atoms in total. The van der Waals surface area contributed by atoms with E-state index in [1.807, 2.05) is 0 Å². The van der Waals surface area contributed by atoms with Crippen LogP contribution in [0.15, 0.2) is 18.2 Å². The fourth-order valence-electron chi connectivity index (χ4n) is 2.52. The highest BCUT2D eigenvalue weighted by Gasteiger charge is 2.34. The second kappa shape index (κ2) is 7.45. The van der Waals surface area contributed by atoms with Crippen molar-refractivity contribution in [3.63, 3.8) is 0 Å². The van der Waals surface area contributed by atoms with E-state index in [9.17, 15) is 24.1 Å². The van der Waals surface area contributed by atoms with E-state index in [4.69, 9.17) is 4.74 Å². The molecule has 0 saturated heterocycles. The Morgan fingerprint density at radius 1 is 1.44 bits per heavy atom. The van der Waals surface area contributed by atoms with Crippen LogP contribution in [-0.2, 0) is 9.53 Å². The standard InChI is InChI=1S/C16H20FN3O5/c1-9(10-4-7-13(20(23)24)12(17)8-10)14(15(21)25-3)18-16(22)19(2)11-5-6-11/h4,7-9,11,14H,5-6H2,1-3H3,(H,18,22)/t9-,14+/m0/s1. The van der Waals surface area contributed by atoms with E-state index in [1.54, 1.807) is 14.0 Å². The SMILES string of the molecule is COC(=O)[C@H](NC(=O)N(C)C1CC1)[C@@H](C)c1ccc([N+](=O)[O-])c(F)c1. The van der Waals surface area contributed by atoms with Crippen molar-refractivity contribution in [3.05, 3.63) is 39.7 Å². The van der Waals surface area contributed by atoms with Gasteiger partial charge in [-0.1, -0.05) is 13.0 Å². The van der Waals surface area contributed by atoms with Crippen LogP contribution < -0.4 is 5.32 Å². The predicted octanol–water partition coefficient (Wildman–Crippen LogP) is 2.18. The third-order valence-electron chi connectivity index (χ3n) is 4.34. The third kappa shape index (κ3) is 4.23. The van der Waals surface area contributed by atoms with Gasteiger partial charge in [0.2, 0.25) is 5.82 Å². The van der Waals surface area contributed by atoms with Gasteiger partial charge in [-0.2, -0.15) is 4.39 Å². The molecule has 25 heavy (non-hydrogen) atoms. The Morgan fingerprint density at radius 2 is 2.08 bits per heavy atom. The molecule has 1 fully saturated rings. The molecule has 0 radical (unpaired) electrons. The number of nitro groups is 1. The molecule has 2 rings (SSSR count). The number of methoxy groups -OCH3 is 1. The first kappa shape index (κ1) is 18.6. The number of halogens is 1. The number of ether oxygens (including phenoxy) is 1. The first-order chi connectivity index (χ1) is 11.8. The van der Waals surface area contributed by atoms with Gasteiger partial charge in [0.25, 0.3) is 0 Å². The molecule has 1 aromatic carbocycles. The van der Waals surface area contributed by atoms with E-state index in [2.05, 4.69) is 5.32 Å². The molecular formula is C16H20FN3O5. The number of carbonyl (C=O) groups is 2. The summed E-state index contributed by atoms with van der Waals surface area (Å²) in [5.74, 6) is -2.32. The van der Waals surface area contributed by atoms with Crippen LogP contribution in [-0.4, -0.2) is 48.1 Å². The number of nitrogens with one attached hydrogen (secondary N) is 1. The summed E-state index contributed by atoms with van der Waals surface area (Å²) in [4.78, 5) is 35.7. The van der Waals surface area contributed by atoms with E-state index >= 15 is 0 Å². The highest BCUT2D eigenvalue weighted by Crippen LogP contribution is 2.27. The third-order valence-corrected chi connectivity index (χ3v) is 4.34. The number of carbonyl (C=O) groups excluding carboxylic acids is 2. The Kier molecular flexibility index (Phi) is 5.55. The Hall–Kier alpha value is -2.71. The molecule has 1 aliphatic carbocycles. The largest absolute Gasteiger partial charge is 0.467 e. The van der Waals surface area contributed by atoms with E-state index < -0.39 is 40.4 Å². The number of hydrogen-bond donors (Lipinski definition) is 1. The Bertz CT molecular complexity index is 692. The second-order valence-corrected chi connectivity index (χ2v) is 6.05. The summed E-state index contributed by atoms with van der Waals surface area (Å²) >= 11 is 0. The maximum Gasteiger partial charge on any atom is 0.329 e. The smallest absolute Gasteiger partial charge is 0.329 e. The summed E-state index contributed by atoms with van der Waals surface area (Å²) < 4.78 is 18.6. The molecule has 9 heteroatoms. The molecule has 1 aromatic rings. The maximum absolute atomic E-state index is 13.9. The van der Waals surface area contributed by atoms with Crippen LogP contribution >= 0.6 is 0 Å². The van der Waals surface area contributed by atoms with Crippen molar-refractivity contribution in [2.24, 2.45) is 0 Å². The molecule has 2 atom stereocenters. The summed E-state index contributed by atoms with van der Waals surface area (Å²) in [5, 5.41) is 13.3. The van der Waals surface area contributed by atoms with Gasteiger partial charge in [-0.3, -0.25) is 10.1 Å². The quantitative estimate of drug-likeness (QED) is 0.480. The number of benzene rings is 1. The minimum absolute atomic E-state index is 0.158. The average molecular weight is 353 g/mol. The lowest BCUT2D eigenvalue weighted by molar-refractivity contribution is -0.387. The maximum atomic E-state index is 13.9. The molecule has 1 saturated carbocycles. The van der Waals surface area contributed by atoms with Crippen LogP contribution in [0.3, 0.4) is 0 Å². The molecular weight excluding hydrogens is 333 g/mol. The zero-order valence-electron chi connectivity index (χ0n) is 14.2. The molecule has 0 heterocycles. The number of amides is 2. The van der Waals surface area contributed by atoms with E-state index in [0.717, 1.165) is 25.0 Å².